The average Bonchev–Trinajstić information content (AvgIpc) is 2.97. The zero-order valence-electron chi connectivity index (χ0n) is 9.01. The SMILES string of the molecule is Cc1cc(N)sc1-c1nc(-c2ccco2)no1. The van der Waals surface area contributed by atoms with Crippen molar-refractivity contribution in [2.45, 2.75) is 6.92 Å². The van der Waals surface area contributed by atoms with E-state index in [9.17, 15) is 0 Å². The second kappa shape index (κ2) is 3.74. The second-order valence-corrected chi connectivity index (χ2v) is 4.65. The summed E-state index contributed by atoms with van der Waals surface area (Å²) in [6.07, 6.45) is 1.57. The Balaban J connectivity index is 2.03. The number of hydrogen-bond acceptors (Lipinski definition) is 6. The second-order valence-electron chi connectivity index (χ2n) is 3.56. The normalized spacial score (nSPS) is 10.9. The number of furan rings is 1. The molecule has 3 aromatic rings. The van der Waals surface area contributed by atoms with Crippen LogP contribution in [-0.4, -0.2) is 10.1 Å². The van der Waals surface area contributed by atoms with Crippen LogP contribution in [0.5, 0.6) is 0 Å². The van der Waals surface area contributed by atoms with Gasteiger partial charge in [-0.05, 0) is 30.7 Å². The highest BCUT2D eigenvalue weighted by molar-refractivity contribution is 7.19. The Morgan fingerprint density at radius 1 is 1.41 bits per heavy atom. The molecule has 3 heterocycles. The highest BCUT2D eigenvalue weighted by Gasteiger charge is 2.16. The van der Waals surface area contributed by atoms with E-state index < -0.39 is 0 Å². The standard InChI is InChI=1S/C11H9N3O2S/c1-6-5-8(12)17-9(6)11-13-10(14-16-11)7-3-2-4-15-7/h2-5H,12H2,1H3. The molecule has 0 amide bonds. The van der Waals surface area contributed by atoms with Crippen LogP contribution < -0.4 is 5.73 Å². The Morgan fingerprint density at radius 3 is 2.94 bits per heavy atom. The van der Waals surface area contributed by atoms with Gasteiger partial charge in [0.25, 0.3) is 5.89 Å². The minimum atomic E-state index is 0.441. The van der Waals surface area contributed by atoms with Crippen LogP contribution in [0, 0.1) is 6.92 Å². The Labute approximate surface area is 101 Å². The van der Waals surface area contributed by atoms with Gasteiger partial charge < -0.3 is 14.7 Å². The molecule has 3 rings (SSSR count). The summed E-state index contributed by atoms with van der Waals surface area (Å²) < 4.78 is 10.4. The minimum absolute atomic E-state index is 0.441. The highest BCUT2D eigenvalue weighted by Crippen LogP contribution is 2.33. The van der Waals surface area contributed by atoms with Crippen molar-refractivity contribution in [2.24, 2.45) is 0 Å². The van der Waals surface area contributed by atoms with Gasteiger partial charge in [0.05, 0.1) is 16.1 Å². The van der Waals surface area contributed by atoms with E-state index in [1.54, 1.807) is 18.4 Å². The largest absolute Gasteiger partial charge is 0.461 e. The Hall–Kier alpha value is -2.08. The van der Waals surface area contributed by atoms with Gasteiger partial charge in [-0.25, -0.2) is 0 Å². The molecule has 0 fully saturated rings. The molecule has 0 unspecified atom stereocenters. The maximum atomic E-state index is 5.73. The number of nitrogen functional groups attached to an aromatic ring is 1. The quantitative estimate of drug-likeness (QED) is 0.753. The van der Waals surface area contributed by atoms with Crippen molar-refractivity contribution < 1.29 is 8.94 Å². The molecule has 0 radical (unpaired) electrons. The van der Waals surface area contributed by atoms with Crippen LogP contribution in [0.3, 0.4) is 0 Å². The minimum Gasteiger partial charge on any atom is -0.461 e. The zero-order valence-corrected chi connectivity index (χ0v) is 9.82. The third-order valence-electron chi connectivity index (χ3n) is 2.30. The van der Waals surface area contributed by atoms with Gasteiger partial charge in [0.1, 0.15) is 0 Å². The van der Waals surface area contributed by atoms with Crippen LogP contribution in [-0.2, 0) is 0 Å². The van der Waals surface area contributed by atoms with Crippen molar-refractivity contribution in [2.75, 3.05) is 5.73 Å². The number of nitrogens with two attached hydrogens (primary N) is 1. The van der Waals surface area contributed by atoms with Gasteiger partial charge in [0, 0.05) is 0 Å². The smallest absolute Gasteiger partial charge is 0.268 e. The molecule has 0 spiro atoms. The zero-order chi connectivity index (χ0) is 11.8. The first-order valence-electron chi connectivity index (χ1n) is 4.98. The number of rotatable bonds is 2. The van der Waals surface area contributed by atoms with Crippen molar-refractivity contribution in [3.8, 4) is 22.4 Å². The van der Waals surface area contributed by atoms with E-state index in [0.29, 0.717) is 17.5 Å². The summed E-state index contributed by atoms with van der Waals surface area (Å²) in [5, 5.41) is 4.60. The summed E-state index contributed by atoms with van der Waals surface area (Å²) in [5.41, 5.74) is 6.76. The molecule has 6 heteroatoms. The predicted molar refractivity (Wildman–Crippen MR) is 64.5 cm³/mol. The van der Waals surface area contributed by atoms with Crippen molar-refractivity contribution in [3.05, 3.63) is 30.0 Å². The fraction of sp³-hybridized carbons (Fsp3) is 0.0909. The summed E-state index contributed by atoms with van der Waals surface area (Å²) in [6, 6.07) is 5.45. The highest BCUT2D eigenvalue weighted by atomic mass is 32.1. The summed E-state index contributed by atoms with van der Waals surface area (Å²) >= 11 is 1.43. The first-order chi connectivity index (χ1) is 8.24. The van der Waals surface area contributed by atoms with Gasteiger partial charge in [0.15, 0.2) is 5.76 Å². The number of aryl methyl sites for hydroxylation is 1. The number of anilines is 1. The van der Waals surface area contributed by atoms with E-state index in [1.165, 1.54) is 11.3 Å². The lowest BCUT2D eigenvalue weighted by Gasteiger charge is -1.88. The number of thiophene rings is 1. The van der Waals surface area contributed by atoms with Gasteiger partial charge in [-0.3, -0.25) is 0 Å². The van der Waals surface area contributed by atoms with Crippen molar-refractivity contribution in [3.63, 3.8) is 0 Å². The van der Waals surface area contributed by atoms with E-state index in [0.717, 1.165) is 15.4 Å². The van der Waals surface area contributed by atoms with E-state index >= 15 is 0 Å². The van der Waals surface area contributed by atoms with Crippen LogP contribution in [0.1, 0.15) is 5.56 Å². The van der Waals surface area contributed by atoms with E-state index in [4.69, 9.17) is 14.7 Å². The summed E-state index contributed by atoms with van der Waals surface area (Å²) in [6.45, 7) is 1.96. The number of aromatic nitrogens is 2. The average molecular weight is 247 g/mol. The Kier molecular flexibility index (Phi) is 2.22. The Bertz CT molecular complexity index is 640. The monoisotopic (exact) mass is 247 g/mol. The maximum absolute atomic E-state index is 5.73. The molecule has 0 aliphatic carbocycles. The van der Waals surface area contributed by atoms with Crippen LogP contribution in [0.4, 0.5) is 5.00 Å². The topological polar surface area (TPSA) is 78.1 Å². The van der Waals surface area contributed by atoms with Gasteiger partial charge in [-0.2, -0.15) is 4.98 Å². The maximum Gasteiger partial charge on any atom is 0.268 e. The molecule has 0 aliphatic heterocycles. The molecule has 0 saturated carbocycles. The van der Waals surface area contributed by atoms with Crippen molar-refractivity contribution in [1.82, 2.24) is 10.1 Å². The Morgan fingerprint density at radius 2 is 2.29 bits per heavy atom. The van der Waals surface area contributed by atoms with Crippen LogP contribution in [0.2, 0.25) is 0 Å². The molecule has 0 atom stereocenters. The van der Waals surface area contributed by atoms with Gasteiger partial charge in [0.2, 0.25) is 5.82 Å². The van der Waals surface area contributed by atoms with Gasteiger partial charge >= 0.3 is 0 Å². The molecule has 17 heavy (non-hydrogen) atoms. The molecule has 0 bridgehead atoms. The first kappa shape index (κ1) is 10.1. The van der Waals surface area contributed by atoms with E-state index in [-0.39, 0.29) is 0 Å². The van der Waals surface area contributed by atoms with Crippen LogP contribution in [0.15, 0.2) is 33.4 Å². The number of hydrogen-bond donors (Lipinski definition) is 1. The van der Waals surface area contributed by atoms with Crippen molar-refractivity contribution in [1.29, 1.82) is 0 Å². The van der Waals surface area contributed by atoms with E-state index in [1.807, 2.05) is 13.0 Å². The molecule has 2 N–H and O–H groups in total. The van der Waals surface area contributed by atoms with Gasteiger partial charge in [-0.15, -0.1) is 11.3 Å². The molecular weight excluding hydrogens is 238 g/mol. The lowest BCUT2D eigenvalue weighted by atomic mass is 10.3. The lowest BCUT2D eigenvalue weighted by Crippen LogP contribution is -1.77. The van der Waals surface area contributed by atoms with Crippen LogP contribution in [0.25, 0.3) is 22.4 Å². The summed E-state index contributed by atoms with van der Waals surface area (Å²) in [5.74, 6) is 1.49. The van der Waals surface area contributed by atoms with Crippen LogP contribution >= 0.6 is 11.3 Å². The first-order valence-corrected chi connectivity index (χ1v) is 5.79. The number of nitrogens with zero attached hydrogens (tertiary/aromatic N) is 2. The third-order valence-corrected chi connectivity index (χ3v) is 3.35. The fourth-order valence-corrected chi connectivity index (χ4v) is 2.40. The molecule has 3 aromatic heterocycles. The molecule has 0 saturated heterocycles. The molecular formula is C11H9N3O2S. The molecule has 5 nitrogen and oxygen atoms in total. The summed E-state index contributed by atoms with van der Waals surface area (Å²) in [7, 11) is 0. The summed E-state index contributed by atoms with van der Waals surface area (Å²) in [4.78, 5) is 5.18. The predicted octanol–water partition coefficient (Wildman–Crippen LogP) is 2.95. The van der Waals surface area contributed by atoms with Crippen molar-refractivity contribution >= 4 is 16.3 Å². The molecule has 0 aromatic carbocycles. The lowest BCUT2D eigenvalue weighted by molar-refractivity contribution is 0.430. The van der Waals surface area contributed by atoms with E-state index in [2.05, 4.69) is 10.1 Å². The molecule has 0 aliphatic rings. The molecule has 86 valence electrons. The van der Waals surface area contributed by atoms with Gasteiger partial charge in [-0.1, -0.05) is 5.16 Å². The fourth-order valence-electron chi connectivity index (χ4n) is 1.54. The third kappa shape index (κ3) is 1.72.